The molecule has 0 unspecified atom stereocenters. The normalized spacial score (nSPS) is 18.5. The minimum absolute atomic E-state index is 0.340. The van der Waals surface area contributed by atoms with E-state index in [2.05, 4.69) is 5.10 Å². The zero-order valence-corrected chi connectivity index (χ0v) is 9.79. The van der Waals surface area contributed by atoms with Gasteiger partial charge in [-0.15, -0.1) is 0 Å². The second kappa shape index (κ2) is 3.61. The highest BCUT2D eigenvalue weighted by Gasteiger charge is 2.29. The van der Waals surface area contributed by atoms with E-state index < -0.39 is 10.0 Å². The van der Waals surface area contributed by atoms with E-state index in [1.54, 1.807) is 20.2 Å². The molecule has 1 aromatic heterocycles. The monoisotopic (exact) mass is 229 g/mol. The Labute approximate surface area is 89.7 Å². The van der Waals surface area contributed by atoms with E-state index in [1.165, 1.54) is 8.99 Å². The molecule has 0 aliphatic carbocycles. The van der Waals surface area contributed by atoms with Gasteiger partial charge in [0.05, 0.1) is 5.69 Å². The number of rotatable bonds is 2. The SMILES string of the molecule is Cc1nn(C)cc1S(=O)(=O)N1CCCC1. The Balaban J connectivity index is 2.40. The van der Waals surface area contributed by atoms with Crippen LogP contribution >= 0.6 is 0 Å². The number of aromatic nitrogens is 2. The Morgan fingerprint density at radius 1 is 1.33 bits per heavy atom. The summed E-state index contributed by atoms with van der Waals surface area (Å²) in [5.74, 6) is 0. The topological polar surface area (TPSA) is 55.2 Å². The lowest BCUT2D eigenvalue weighted by Crippen LogP contribution is -2.28. The molecule has 0 saturated carbocycles. The van der Waals surface area contributed by atoms with Gasteiger partial charge in [0, 0.05) is 26.3 Å². The molecule has 0 spiro atoms. The molecule has 1 aliphatic rings. The molecule has 0 aromatic carbocycles. The summed E-state index contributed by atoms with van der Waals surface area (Å²) < 4.78 is 27.4. The first-order chi connectivity index (χ1) is 7.01. The van der Waals surface area contributed by atoms with E-state index in [-0.39, 0.29) is 0 Å². The van der Waals surface area contributed by atoms with Crippen molar-refractivity contribution < 1.29 is 8.42 Å². The summed E-state index contributed by atoms with van der Waals surface area (Å²) in [4.78, 5) is 0.340. The summed E-state index contributed by atoms with van der Waals surface area (Å²) >= 11 is 0. The summed E-state index contributed by atoms with van der Waals surface area (Å²) in [5, 5.41) is 4.06. The fraction of sp³-hybridized carbons (Fsp3) is 0.667. The molecule has 1 saturated heterocycles. The van der Waals surface area contributed by atoms with Crippen LogP contribution in [0, 0.1) is 6.92 Å². The lowest BCUT2D eigenvalue weighted by atomic mass is 10.4. The smallest absolute Gasteiger partial charge is 0.246 e. The van der Waals surface area contributed by atoms with Crippen LogP contribution < -0.4 is 0 Å². The Bertz CT molecular complexity index is 458. The van der Waals surface area contributed by atoms with Crippen LogP contribution in [0.4, 0.5) is 0 Å². The fourth-order valence-corrected chi connectivity index (χ4v) is 3.62. The molecular formula is C9H15N3O2S. The van der Waals surface area contributed by atoms with Gasteiger partial charge >= 0.3 is 0 Å². The molecule has 0 atom stereocenters. The van der Waals surface area contributed by atoms with E-state index in [9.17, 15) is 8.42 Å². The maximum absolute atomic E-state index is 12.1. The highest BCUT2D eigenvalue weighted by molar-refractivity contribution is 7.89. The van der Waals surface area contributed by atoms with E-state index in [0.717, 1.165) is 12.8 Å². The van der Waals surface area contributed by atoms with Gasteiger partial charge in [-0.1, -0.05) is 0 Å². The molecule has 0 radical (unpaired) electrons. The average Bonchev–Trinajstić information content (AvgIpc) is 2.74. The number of hydrogen-bond acceptors (Lipinski definition) is 3. The Morgan fingerprint density at radius 2 is 1.93 bits per heavy atom. The van der Waals surface area contributed by atoms with Crippen LogP contribution in [-0.2, 0) is 17.1 Å². The van der Waals surface area contributed by atoms with Crippen LogP contribution in [0.15, 0.2) is 11.1 Å². The van der Waals surface area contributed by atoms with Crippen LogP contribution in [0.2, 0.25) is 0 Å². The summed E-state index contributed by atoms with van der Waals surface area (Å²) in [7, 11) is -1.57. The standard InChI is InChI=1S/C9H15N3O2S/c1-8-9(7-11(2)10-8)15(13,14)12-5-3-4-6-12/h7H,3-6H2,1-2H3. The number of sulfonamides is 1. The second-order valence-corrected chi connectivity index (χ2v) is 5.77. The molecule has 0 N–H and O–H groups in total. The lowest BCUT2D eigenvalue weighted by molar-refractivity contribution is 0.477. The third kappa shape index (κ3) is 1.79. The highest BCUT2D eigenvalue weighted by Crippen LogP contribution is 2.22. The molecule has 2 rings (SSSR count). The predicted octanol–water partition coefficient (Wildman–Crippen LogP) is 0.513. The molecule has 15 heavy (non-hydrogen) atoms. The zero-order valence-electron chi connectivity index (χ0n) is 8.97. The largest absolute Gasteiger partial charge is 0.274 e. The van der Waals surface area contributed by atoms with Gasteiger partial charge in [-0.2, -0.15) is 9.40 Å². The molecule has 0 amide bonds. The maximum Gasteiger partial charge on any atom is 0.246 e. The minimum atomic E-state index is -3.30. The molecule has 1 fully saturated rings. The van der Waals surface area contributed by atoms with Gasteiger partial charge in [-0.3, -0.25) is 4.68 Å². The van der Waals surface area contributed by atoms with Crippen LogP contribution in [0.5, 0.6) is 0 Å². The van der Waals surface area contributed by atoms with Crippen molar-refractivity contribution in [3.8, 4) is 0 Å². The molecule has 84 valence electrons. The summed E-state index contributed by atoms with van der Waals surface area (Å²) in [5.41, 5.74) is 0.574. The summed E-state index contributed by atoms with van der Waals surface area (Å²) in [6.07, 6.45) is 3.49. The molecule has 1 aromatic rings. The predicted molar refractivity (Wildman–Crippen MR) is 55.9 cm³/mol. The molecular weight excluding hydrogens is 214 g/mol. The molecule has 0 bridgehead atoms. The molecule has 1 aliphatic heterocycles. The van der Waals surface area contributed by atoms with E-state index in [0.29, 0.717) is 23.7 Å². The van der Waals surface area contributed by atoms with Crippen LogP contribution in [0.25, 0.3) is 0 Å². The quantitative estimate of drug-likeness (QED) is 0.742. The second-order valence-electron chi connectivity index (χ2n) is 3.86. The van der Waals surface area contributed by atoms with Crippen molar-refractivity contribution in [3.05, 3.63) is 11.9 Å². The first-order valence-electron chi connectivity index (χ1n) is 5.02. The van der Waals surface area contributed by atoms with E-state index in [1.807, 2.05) is 0 Å². The number of hydrogen-bond donors (Lipinski definition) is 0. The lowest BCUT2D eigenvalue weighted by Gasteiger charge is -2.14. The number of nitrogens with zero attached hydrogens (tertiary/aromatic N) is 3. The van der Waals surface area contributed by atoms with Crippen molar-refractivity contribution in [2.45, 2.75) is 24.7 Å². The third-order valence-corrected chi connectivity index (χ3v) is 4.65. The van der Waals surface area contributed by atoms with Gasteiger partial charge in [0.25, 0.3) is 0 Å². The molecule has 5 nitrogen and oxygen atoms in total. The van der Waals surface area contributed by atoms with Gasteiger partial charge in [0.2, 0.25) is 10.0 Å². The van der Waals surface area contributed by atoms with Crippen LogP contribution in [0.1, 0.15) is 18.5 Å². The Hall–Kier alpha value is -0.880. The van der Waals surface area contributed by atoms with Crippen molar-refractivity contribution >= 4 is 10.0 Å². The Kier molecular flexibility index (Phi) is 2.56. The van der Waals surface area contributed by atoms with Gasteiger partial charge < -0.3 is 0 Å². The summed E-state index contributed by atoms with van der Waals surface area (Å²) in [6, 6.07) is 0. The van der Waals surface area contributed by atoms with Crippen molar-refractivity contribution in [3.63, 3.8) is 0 Å². The fourth-order valence-electron chi connectivity index (χ4n) is 1.90. The van der Waals surface area contributed by atoms with Gasteiger partial charge in [-0.05, 0) is 19.8 Å². The van der Waals surface area contributed by atoms with Crippen LogP contribution in [0.3, 0.4) is 0 Å². The van der Waals surface area contributed by atoms with Crippen molar-refractivity contribution in [2.24, 2.45) is 7.05 Å². The Morgan fingerprint density at radius 3 is 2.40 bits per heavy atom. The van der Waals surface area contributed by atoms with Gasteiger partial charge in [0.15, 0.2) is 0 Å². The molecule has 2 heterocycles. The first-order valence-corrected chi connectivity index (χ1v) is 6.46. The highest BCUT2D eigenvalue weighted by atomic mass is 32.2. The minimum Gasteiger partial charge on any atom is -0.274 e. The van der Waals surface area contributed by atoms with Crippen molar-refractivity contribution in [2.75, 3.05) is 13.1 Å². The zero-order chi connectivity index (χ0) is 11.1. The average molecular weight is 229 g/mol. The van der Waals surface area contributed by atoms with E-state index in [4.69, 9.17) is 0 Å². The van der Waals surface area contributed by atoms with E-state index >= 15 is 0 Å². The van der Waals surface area contributed by atoms with Crippen molar-refractivity contribution in [1.82, 2.24) is 14.1 Å². The van der Waals surface area contributed by atoms with Crippen molar-refractivity contribution in [1.29, 1.82) is 0 Å². The summed E-state index contributed by atoms with van der Waals surface area (Å²) in [6.45, 7) is 3.00. The molecule has 6 heteroatoms. The van der Waals surface area contributed by atoms with Crippen LogP contribution in [-0.4, -0.2) is 35.6 Å². The van der Waals surface area contributed by atoms with Gasteiger partial charge in [0.1, 0.15) is 4.90 Å². The third-order valence-electron chi connectivity index (χ3n) is 2.65. The van der Waals surface area contributed by atoms with Gasteiger partial charge in [-0.25, -0.2) is 8.42 Å². The maximum atomic E-state index is 12.1. The first kappa shape index (κ1) is 10.6. The number of aryl methyl sites for hydroxylation is 2.